The normalized spacial score (nSPS) is 13.5. The summed E-state index contributed by atoms with van der Waals surface area (Å²) in [6.45, 7) is 8.07. The van der Waals surface area contributed by atoms with E-state index in [4.69, 9.17) is 4.74 Å². The average molecular weight is 352 g/mol. The Balaban J connectivity index is 2.83. The Bertz CT molecular complexity index is 576. The van der Waals surface area contributed by atoms with Gasteiger partial charge in [-0.05, 0) is 51.3 Å². The first kappa shape index (κ1) is 20.4. The molecule has 0 N–H and O–H groups in total. The van der Waals surface area contributed by atoms with Gasteiger partial charge in [0.25, 0.3) is 0 Å². The molecule has 1 unspecified atom stereocenters. The van der Waals surface area contributed by atoms with Crippen molar-refractivity contribution in [3.05, 3.63) is 41.3 Å². The smallest absolute Gasteiger partial charge is 0.410 e. The van der Waals surface area contributed by atoms with Crippen LogP contribution >= 0.6 is 0 Å². The maximum Gasteiger partial charge on any atom is 0.410 e. The number of hydrogen-bond acceptors (Lipinski definition) is 3. The molecule has 1 rings (SSSR count). The topological polar surface area (TPSA) is 46.6 Å². The second-order valence-electron chi connectivity index (χ2n) is 6.83. The zero-order chi connectivity index (χ0) is 18.2. The van der Waals surface area contributed by atoms with Crippen molar-refractivity contribution in [2.75, 3.05) is 13.6 Å². The van der Waals surface area contributed by atoms with Gasteiger partial charge in [0.1, 0.15) is 5.60 Å². The molecule has 0 aliphatic rings. The number of rotatable bonds is 7. The third-order valence-electron chi connectivity index (χ3n) is 3.25. The van der Waals surface area contributed by atoms with Crippen molar-refractivity contribution >= 4 is 16.9 Å². The van der Waals surface area contributed by atoms with Gasteiger partial charge in [-0.15, -0.1) is 0 Å². The minimum Gasteiger partial charge on any atom is -0.444 e. The molecule has 0 fully saturated rings. The van der Waals surface area contributed by atoms with Crippen LogP contribution in [0.4, 0.5) is 4.79 Å². The lowest BCUT2D eigenvalue weighted by Crippen LogP contribution is -2.35. The van der Waals surface area contributed by atoms with Gasteiger partial charge < -0.3 is 9.64 Å². The van der Waals surface area contributed by atoms with Gasteiger partial charge in [0.05, 0.1) is 10.8 Å². The largest absolute Gasteiger partial charge is 0.444 e. The van der Waals surface area contributed by atoms with Gasteiger partial charge >= 0.3 is 6.09 Å². The van der Waals surface area contributed by atoms with Crippen LogP contribution in [0.25, 0.3) is 0 Å². The zero-order valence-electron chi connectivity index (χ0n) is 15.4. The highest BCUT2D eigenvalue weighted by Gasteiger charge is 2.20. The lowest BCUT2D eigenvalue weighted by atomic mass is 10.1. The number of carbonyl (C=O) groups is 1. The summed E-state index contributed by atoms with van der Waals surface area (Å²) in [6, 6.07) is 9.35. The highest BCUT2D eigenvalue weighted by Crippen LogP contribution is 2.16. The number of ether oxygens (including phenoxy) is 1. The van der Waals surface area contributed by atoms with Crippen molar-refractivity contribution in [2.24, 2.45) is 0 Å². The Morgan fingerprint density at radius 3 is 2.42 bits per heavy atom. The highest BCUT2D eigenvalue weighted by atomic mass is 32.2. The highest BCUT2D eigenvalue weighted by molar-refractivity contribution is 7.88. The van der Waals surface area contributed by atoms with Crippen LogP contribution in [0.2, 0.25) is 0 Å². The molecule has 0 radical (unpaired) electrons. The first-order chi connectivity index (χ1) is 11.2. The third kappa shape index (κ3) is 7.77. The van der Waals surface area contributed by atoms with Crippen molar-refractivity contribution in [1.82, 2.24) is 4.90 Å². The Hall–Kier alpha value is -1.62. The van der Waals surface area contributed by atoms with Crippen molar-refractivity contribution in [3.63, 3.8) is 0 Å². The van der Waals surface area contributed by atoms with E-state index >= 15 is 0 Å². The van der Waals surface area contributed by atoms with Crippen molar-refractivity contribution in [1.29, 1.82) is 0 Å². The Labute approximate surface area is 148 Å². The SMILES string of the molecule is CCCC/C(=C\S(=O)c1ccccc1)CN(C)C(=O)OC(C)(C)C. The van der Waals surface area contributed by atoms with E-state index < -0.39 is 16.4 Å². The van der Waals surface area contributed by atoms with Crippen LogP contribution in [-0.4, -0.2) is 34.4 Å². The van der Waals surface area contributed by atoms with Crippen LogP contribution < -0.4 is 0 Å². The number of likely N-dealkylation sites (N-methyl/N-ethyl adjacent to an activating group) is 1. The van der Waals surface area contributed by atoms with E-state index in [0.717, 1.165) is 29.7 Å². The molecule has 134 valence electrons. The van der Waals surface area contributed by atoms with E-state index in [-0.39, 0.29) is 6.09 Å². The number of hydrogen-bond donors (Lipinski definition) is 0. The van der Waals surface area contributed by atoms with Gasteiger partial charge in [0, 0.05) is 23.9 Å². The molecule has 0 saturated heterocycles. The lowest BCUT2D eigenvalue weighted by molar-refractivity contribution is 0.0312. The van der Waals surface area contributed by atoms with E-state index in [0.29, 0.717) is 6.54 Å². The predicted molar refractivity (Wildman–Crippen MR) is 99.3 cm³/mol. The van der Waals surface area contributed by atoms with Crippen LogP contribution in [0.1, 0.15) is 47.0 Å². The number of unbranched alkanes of at least 4 members (excludes halogenated alkanes) is 1. The first-order valence-electron chi connectivity index (χ1n) is 8.32. The summed E-state index contributed by atoms with van der Waals surface area (Å²) >= 11 is 0. The second-order valence-corrected chi connectivity index (χ2v) is 8.13. The van der Waals surface area contributed by atoms with Gasteiger partial charge in [-0.2, -0.15) is 0 Å². The van der Waals surface area contributed by atoms with Crippen LogP contribution in [0, 0.1) is 0 Å². The summed E-state index contributed by atoms with van der Waals surface area (Å²) in [5.74, 6) is 0. The molecule has 0 aromatic heterocycles. The number of benzene rings is 1. The quantitative estimate of drug-likeness (QED) is 0.713. The summed E-state index contributed by atoms with van der Waals surface area (Å²) in [7, 11) is 0.501. The molecule has 0 aliphatic carbocycles. The molecule has 1 aromatic carbocycles. The maximum atomic E-state index is 12.5. The molecule has 1 amide bonds. The van der Waals surface area contributed by atoms with Crippen LogP contribution in [-0.2, 0) is 15.5 Å². The number of amides is 1. The molecular formula is C19H29NO3S. The molecule has 0 saturated carbocycles. The third-order valence-corrected chi connectivity index (χ3v) is 4.53. The van der Waals surface area contributed by atoms with Crippen molar-refractivity contribution < 1.29 is 13.7 Å². The van der Waals surface area contributed by atoms with Gasteiger partial charge in [-0.1, -0.05) is 31.5 Å². The fourth-order valence-corrected chi connectivity index (χ4v) is 3.12. The van der Waals surface area contributed by atoms with E-state index in [1.807, 2.05) is 51.1 Å². The van der Waals surface area contributed by atoms with E-state index in [1.165, 1.54) is 4.90 Å². The van der Waals surface area contributed by atoms with Crippen molar-refractivity contribution in [3.8, 4) is 0 Å². The first-order valence-corrected chi connectivity index (χ1v) is 9.53. The Kier molecular flexibility index (Phi) is 8.19. The molecule has 0 spiro atoms. The van der Waals surface area contributed by atoms with Gasteiger partial charge in [-0.25, -0.2) is 9.00 Å². The Morgan fingerprint density at radius 1 is 1.25 bits per heavy atom. The predicted octanol–water partition coefficient (Wildman–Crippen LogP) is 4.74. The standard InChI is InChI=1S/C19H29NO3S/c1-6-7-11-16(14-20(5)18(21)23-19(2,3)4)15-24(22)17-12-9-8-10-13-17/h8-10,12-13,15H,6-7,11,14H2,1-5H3/b16-15+. The Morgan fingerprint density at radius 2 is 1.88 bits per heavy atom. The van der Waals surface area contributed by atoms with Gasteiger partial charge in [0.2, 0.25) is 0 Å². The van der Waals surface area contributed by atoms with Crippen molar-refractivity contribution in [2.45, 2.75) is 57.5 Å². The number of carbonyl (C=O) groups excluding carboxylic acids is 1. The molecule has 4 nitrogen and oxygen atoms in total. The second kappa shape index (κ2) is 9.62. The minimum absolute atomic E-state index is 0.365. The lowest BCUT2D eigenvalue weighted by Gasteiger charge is -2.25. The summed E-state index contributed by atoms with van der Waals surface area (Å²) in [6.07, 6.45) is 2.50. The van der Waals surface area contributed by atoms with Crippen LogP contribution in [0.15, 0.2) is 46.2 Å². The van der Waals surface area contributed by atoms with Gasteiger partial charge in [0.15, 0.2) is 0 Å². The summed E-state index contributed by atoms with van der Waals surface area (Å²) in [4.78, 5) is 14.4. The van der Waals surface area contributed by atoms with Crippen LogP contribution in [0.5, 0.6) is 0 Å². The molecular weight excluding hydrogens is 322 g/mol. The fourth-order valence-electron chi connectivity index (χ4n) is 2.06. The molecule has 1 aromatic rings. The zero-order valence-corrected chi connectivity index (χ0v) is 16.2. The summed E-state index contributed by atoms with van der Waals surface area (Å²) < 4.78 is 17.9. The monoisotopic (exact) mass is 351 g/mol. The van der Waals surface area contributed by atoms with Crippen LogP contribution in [0.3, 0.4) is 0 Å². The summed E-state index contributed by atoms with van der Waals surface area (Å²) in [5, 5.41) is 1.77. The average Bonchev–Trinajstić information content (AvgIpc) is 2.51. The van der Waals surface area contributed by atoms with Gasteiger partial charge in [-0.3, -0.25) is 0 Å². The molecule has 0 bridgehead atoms. The molecule has 5 heteroatoms. The van der Waals surface area contributed by atoms with E-state index in [9.17, 15) is 9.00 Å². The molecule has 0 aliphatic heterocycles. The molecule has 0 heterocycles. The van der Waals surface area contributed by atoms with E-state index in [1.54, 1.807) is 12.5 Å². The molecule has 1 atom stereocenters. The number of nitrogens with zero attached hydrogens (tertiary/aromatic N) is 1. The van der Waals surface area contributed by atoms with E-state index in [2.05, 4.69) is 6.92 Å². The molecule has 24 heavy (non-hydrogen) atoms. The maximum absolute atomic E-state index is 12.5. The fraction of sp³-hybridized carbons (Fsp3) is 0.526. The minimum atomic E-state index is -1.21. The summed E-state index contributed by atoms with van der Waals surface area (Å²) in [5.41, 5.74) is 0.471.